The first-order valence-electron chi connectivity index (χ1n) is 8.00. The Hall–Kier alpha value is -0.750. The maximum atomic E-state index is 11.8. The summed E-state index contributed by atoms with van der Waals surface area (Å²) >= 11 is 1.92. The molecule has 23 heavy (non-hydrogen) atoms. The molecule has 2 unspecified atom stereocenters. The van der Waals surface area contributed by atoms with Crippen molar-refractivity contribution in [2.75, 3.05) is 31.2 Å². The lowest BCUT2D eigenvalue weighted by Crippen LogP contribution is -2.41. The molecule has 0 spiro atoms. The zero-order valence-electron chi connectivity index (χ0n) is 13.6. The summed E-state index contributed by atoms with van der Waals surface area (Å²) < 4.78 is 5.79. The van der Waals surface area contributed by atoms with Gasteiger partial charge in [-0.15, -0.1) is 12.4 Å². The van der Waals surface area contributed by atoms with Crippen LogP contribution in [-0.4, -0.2) is 43.2 Å². The zero-order valence-corrected chi connectivity index (χ0v) is 15.3. The molecular weight excluding hydrogens is 332 g/mol. The number of halogens is 1. The zero-order chi connectivity index (χ0) is 15.6. The van der Waals surface area contributed by atoms with E-state index in [1.165, 1.54) is 5.56 Å². The number of thioether (sulfide) groups is 1. The largest absolute Gasteiger partial charge is 0.374 e. The number of amides is 1. The molecule has 1 amide bonds. The van der Waals surface area contributed by atoms with Crippen LogP contribution in [0.2, 0.25) is 0 Å². The van der Waals surface area contributed by atoms with Crippen molar-refractivity contribution in [1.82, 2.24) is 10.6 Å². The van der Waals surface area contributed by atoms with Crippen molar-refractivity contribution in [3.8, 4) is 0 Å². The van der Waals surface area contributed by atoms with Gasteiger partial charge in [0.2, 0.25) is 5.91 Å². The van der Waals surface area contributed by atoms with E-state index in [1.54, 1.807) is 0 Å². The van der Waals surface area contributed by atoms with Gasteiger partial charge in [0.25, 0.3) is 0 Å². The quantitative estimate of drug-likeness (QED) is 0.701. The Morgan fingerprint density at radius 3 is 2.91 bits per heavy atom. The highest BCUT2D eigenvalue weighted by atomic mass is 35.5. The molecule has 0 aromatic heterocycles. The Morgan fingerprint density at radius 2 is 2.22 bits per heavy atom. The molecule has 2 rings (SSSR count). The molecule has 2 N–H and O–H groups in total. The first kappa shape index (κ1) is 20.3. The lowest BCUT2D eigenvalue weighted by atomic mass is 10.1. The highest BCUT2D eigenvalue weighted by Crippen LogP contribution is 2.15. The van der Waals surface area contributed by atoms with E-state index in [9.17, 15) is 4.79 Å². The van der Waals surface area contributed by atoms with Crippen LogP contribution in [0.25, 0.3) is 0 Å². The Bertz CT molecular complexity index is 441. The molecule has 0 radical (unpaired) electrons. The smallest absolute Gasteiger partial charge is 0.221 e. The number of carbonyl (C=O) groups excluding carboxylic acids is 1. The second kappa shape index (κ2) is 11.7. The number of hydrogen-bond donors (Lipinski definition) is 2. The molecule has 1 aromatic rings. The fourth-order valence-electron chi connectivity index (χ4n) is 2.43. The number of rotatable bonds is 8. The van der Waals surface area contributed by atoms with Crippen molar-refractivity contribution in [3.05, 3.63) is 35.9 Å². The van der Waals surface area contributed by atoms with Crippen LogP contribution >= 0.6 is 24.2 Å². The summed E-state index contributed by atoms with van der Waals surface area (Å²) in [4.78, 5) is 11.8. The predicted molar refractivity (Wildman–Crippen MR) is 99.4 cm³/mol. The summed E-state index contributed by atoms with van der Waals surface area (Å²) in [5.41, 5.74) is 1.19. The van der Waals surface area contributed by atoms with Crippen molar-refractivity contribution in [3.63, 3.8) is 0 Å². The molecule has 0 saturated carbocycles. The van der Waals surface area contributed by atoms with E-state index < -0.39 is 0 Å². The van der Waals surface area contributed by atoms with Crippen molar-refractivity contribution in [2.24, 2.45) is 0 Å². The van der Waals surface area contributed by atoms with Crippen LogP contribution in [0, 0.1) is 0 Å². The average molecular weight is 359 g/mol. The monoisotopic (exact) mass is 358 g/mol. The molecule has 4 nitrogen and oxygen atoms in total. The molecule has 6 heteroatoms. The van der Waals surface area contributed by atoms with E-state index in [2.05, 4.69) is 29.7 Å². The number of benzene rings is 1. The third-order valence-corrected chi connectivity index (χ3v) is 4.84. The van der Waals surface area contributed by atoms with Crippen molar-refractivity contribution in [2.45, 2.75) is 31.9 Å². The van der Waals surface area contributed by atoms with E-state index >= 15 is 0 Å². The molecular formula is C17H27ClN2O2S. The Morgan fingerprint density at radius 1 is 1.43 bits per heavy atom. The minimum atomic E-state index is 0. The second-order valence-electron chi connectivity index (χ2n) is 5.56. The van der Waals surface area contributed by atoms with Crippen LogP contribution in [0.3, 0.4) is 0 Å². The van der Waals surface area contributed by atoms with Crippen molar-refractivity contribution >= 4 is 30.1 Å². The molecule has 1 saturated heterocycles. The predicted octanol–water partition coefficient (Wildman–Crippen LogP) is 2.79. The Kier molecular flexibility index (Phi) is 10.4. The number of carbonyl (C=O) groups is 1. The van der Waals surface area contributed by atoms with Gasteiger partial charge in [-0.2, -0.15) is 11.8 Å². The van der Waals surface area contributed by atoms with Gasteiger partial charge < -0.3 is 15.4 Å². The first-order chi connectivity index (χ1) is 10.8. The van der Waals surface area contributed by atoms with E-state index in [-0.39, 0.29) is 24.4 Å². The SMILES string of the molecule is CC(OCCCNC(=O)CC1CSCCN1)c1ccccc1.Cl. The van der Waals surface area contributed by atoms with E-state index in [1.807, 2.05) is 30.0 Å². The van der Waals surface area contributed by atoms with Gasteiger partial charge in [-0.3, -0.25) is 4.79 Å². The molecule has 1 aromatic carbocycles. The van der Waals surface area contributed by atoms with E-state index in [0.29, 0.717) is 25.6 Å². The minimum absolute atomic E-state index is 0. The Labute approximate surface area is 149 Å². The topological polar surface area (TPSA) is 50.4 Å². The molecule has 1 fully saturated rings. The van der Waals surface area contributed by atoms with Crippen LogP contribution in [0.15, 0.2) is 30.3 Å². The molecule has 1 aliphatic rings. The highest BCUT2D eigenvalue weighted by molar-refractivity contribution is 7.99. The van der Waals surface area contributed by atoms with Crippen LogP contribution in [0.4, 0.5) is 0 Å². The molecule has 0 bridgehead atoms. The lowest BCUT2D eigenvalue weighted by Gasteiger charge is -2.22. The maximum absolute atomic E-state index is 11.8. The third kappa shape index (κ3) is 8.06. The fourth-order valence-corrected chi connectivity index (χ4v) is 3.38. The van der Waals surface area contributed by atoms with E-state index in [0.717, 1.165) is 24.5 Å². The fraction of sp³-hybridized carbons (Fsp3) is 0.588. The number of nitrogens with one attached hydrogen (secondary N) is 2. The summed E-state index contributed by atoms with van der Waals surface area (Å²) in [6, 6.07) is 10.5. The Balaban J connectivity index is 0.00000264. The summed E-state index contributed by atoms with van der Waals surface area (Å²) in [6.45, 7) is 4.40. The lowest BCUT2D eigenvalue weighted by molar-refractivity contribution is -0.121. The van der Waals surface area contributed by atoms with Gasteiger partial charge in [-0.05, 0) is 18.9 Å². The summed E-state index contributed by atoms with van der Waals surface area (Å²) in [5.74, 6) is 2.32. The molecule has 0 aliphatic carbocycles. The van der Waals surface area contributed by atoms with Crippen molar-refractivity contribution in [1.29, 1.82) is 0 Å². The summed E-state index contributed by atoms with van der Waals surface area (Å²) in [5, 5.41) is 6.35. The van der Waals surface area contributed by atoms with Gasteiger partial charge in [0, 0.05) is 43.7 Å². The van der Waals surface area contributed by atoms with Gasteiger partial charge in [0.05, 0.1) is 6.10 Å². The van der Waals surface area contributed by atoms with Gasteiger partial charge in [0.15, 0.2) is 0 Å². The minimum Gasteiger partial charge on any atom is -0.374 e. The van der Waals surface area contributed by atoms with Gasteiger partial charge >= 0.3 is 0 Å². The number of ether oxygens (including phenoxy) is 1. The first-order valence-corrected chi connectivity index (χ1v) is 9.15. The second-order valence-corrected chi connectivity index (χ2v) is 6.71. The van der Waals surface area contributed by atoms with Crippen LogP contribution < -0.4 is 10.6 Å². The molecule has 130 valence electrons. The van der Waals surface area contributed by atoms with E-state index in [4.69, 9.17) is 4.74 Å². The van der Waals surface area contributed by atoms with Gasteiger partial charge in [0.1, 0.15) is 0 Å². The average Bonchev–Trinajstić information content (AvgIpc) is 2.56. The van der Waals surface area contributed by atoms with Crippen LogP contribution in [-0.2, 0) is 9.53 Å². The standard InChI is InChI=1S/C17H26N2O2S.ClH/c1-14(15-6-3-2-4-7-15)21-10-5-8-19-17(20)12-16-13-22-11-9-18-16;/h2-4,6-7,14,16,18H,5,8-13H2,1H3,(H,19,20);1H. The van der Waals surface area contributed by atoms with Crippen LogP contribution in [0.5, 0.6) is 0 Å². The van der Waals surface area contributed by atoms with Gasteiger partial charge in [-0.1, -0.05) is 30.3 Å². The number of hydrogen-bond acceptors (Lipinski definition) is 4. The third-order valence-electron chi connectivity index (χ3n) is 3.71. The van der Waals surface area contributed by atoms with Gasteiger partial charge in [-0.25, -0.2) is 0 Å². The summed E-state index contributed by atoms with van der Waals surface area (Å²) in [7, 11) is 0. The summed E-state index contributed by atoms with van der Waals surface area (Å²) in [6.07, 6.45) is 1.52. The highest BCUT2D eigenvalue weighted by Gasteiger charge is 2.16. The van der Waals surface area contributed by atoms with Crippen molar-refractivity contribution < 1.29 is 9.53 Å². The normalized spacial score (nSPS) is 18.7. The molecule has 2 atom stereocenters. The molecule has 1 heterocycles. The molecule has 1 aliphatic heterocycles. The maximum Gasteiger partial charge on any atom is 0.221 e. The van der Waals surface area contributed by atoms with Crippen LogP contribution in [0.1, 0.15) is 31.4 Å².